The van der Waals surface area contributed by atoms with Crippen molar-refractivity contribution in [3.05, 3.63) is 0 Å². The summed E-state index contributed by atoms with van der Waals surface area (Å²) in [5.74, 6) is -0.483. The van der Waals surface area contributed by atoms with Crippen LogP contribution in [0.15, 0.2) is 0 Å². The summed E-state index contributed by atoms with van der Waals surface area (Å²) in [4.78, 5) is 11.1. The van der Waals surface area contributed by atoms with Gasteiger partial charge in [-0.2, -0.15) is 0 Å². The van der Waals surface area contributed by atoms with Crippen LogP contribution in [0.25, 0.3) is 0 Å². The van der Waals surface area contributed by atoms with Gasteiger partial charge in [-0.05, 0) is 0 Å². The van der Waals surface area contributed by atoms with E-state index in [4.69, 9.17) is 0 Å². The van der Waals surface area contributed by atoms with Gasteiger partial charge in [0.1, 0.15) is 11.7 Å². The molecule has 0 spiro atoms. The normalized spacial score (nSPS) is 52.2. The minimum absolute atomic E-state index is 0.0729. The standard InChI is InChI=1S/C7H11NO4/c9-4-2-7(12)1-3(5(4)10)8-6(7)11/h3-5,9-10,12H,1-2H2,(H,8,11)/t3-,4-,5?,7?/m1/s1. The Kier molecular flexibility index (Phi) is 1.45. The highest BCUT2D eigenvalue weighted by molar-refractivity contribution is 5.88. The highest BCUT2D eigenvalue weighted by Gasteiger charge is 2.54. The number of carbonyl (C=O) groups is 1. The largest absolute Gasteiger partial charge is 0.390 e. The van der Waals surface area contributed by atoms with Crippen molar-refractivity contribution < 1.29 is 20.1 Å². The van der Waals surface area contributed by atoms with Crippen molar-refractivity contribution in [3.8, 4) is 0 Å². The van der Waals surface area contributed by atoms with Gasteiger partial charge in [-0.15, -0.1) is 0 Å². The van der Waals surface area contributed by atoms with E-state index < -0.39 is 29.8 Å². The quantitative estimate of drug-likeness (QED) is 0.332. The third-order valence-corrected chi connectivity index (χ3v) is 2.65. The molecule has 1 heterocycles. The molecule has 1 aliphatic carbocycles. The van der Waals surface area contributed by atoms with Crippen molar-refractivity contribution in [2.75, 3.05) is 0 Å². The van der Waals surface area contributed by atoms with Gasteiger partial charge >= 0.3 is 0 Å². The van der Waals surface area contributed by atoms with Crippen molar-refractivity contribution in [1.29, 1.82) is 0 Å². The van der Waals surface area contributed by atoms with E-state index >= 15 is 0 Å². The maximum atomic E-state index is 11.1. The summed E-state index contributed by atoms with van der Waals surface area (Å²) >= 11 is 0. The average Bonchev–Trinajstić information content (AvgIpc) is 2.22. The molecule has 1 aliphatic heterocycles. The molecular formula is C7H11NO4. The summed E-state index contributed by atoms with van der Waals surface area (Å²) in [7, 11) is 0. The number of aliphatic hydroxyl groups is 3. The van der Waals surface area contributed by atoms with Crippen LogP contribution >= 0.6 is 0 Å². The number of aliphatic hydroxyl groups excluding tert-OH is 2. The molecule has 1 amide bonds. The number of rotatable bonds is 0. The first-order valence-corrected chi connectivity index (χ1v) is 3.92. The minimum atomic E-state index is -1.46. The molecule has 12 heavy (non-hydrogen) atoms. The van der Waals surface area contributed by atoms with Gasteiger partial charge in [0.2, 0.25) is 0 Å². The topological polar surface area (TPSA) is 89.8 Å². The predicted molar refractivity (Wildman–Crippen MR) is 38.1 cm³/mol. The van der Waals surface area contributed by atoms with E-state index in [2.05, 4.69) is 5.32 Å². The summed E-state index contributed by atoms with van der Waals surface area (Å²) < 4.78 is 0. The highest BCUT2D eigenvalue weighted by Crippen LogP contribution is 2.34. The summed E-state index contributed by atoms with van der Waals surface area (Å²) in [6.45, 7) is 0. The summed E-state index contributed by atoms with van der Waals surface area (Å²) in [5, 5.41) is 30.6. The van der Waals surface area contributed by atoms with Crippen molar-refractivity contribution in [3.63, 3.8) is 0 Å². The van der Waals surface area contributed by atoms with E-state index in [9.17, 15) is 20.1 Å². The van der Waals surface area contributed by atoms with Crippen LogP contribution in [0.4, 0.5) is 0 Å². The maximum Gasteiger partial charge on any atom is 0.252 e. The Morgan fingerprint density at radius 2 is 2.08 bits per heavy atom. The van der Waals surface area contributed by atoms with Crippen molar-refractivity contribution in [2.45, 2.75) is 36.7 Å². The second kappa shape index (κ2) is 2.18. The number of carbonyl (C=O) groups excluding carboxylic acids is 1. The molecule has 4 N–H and O–H groups in total. The lowest BCUT2D eigenvalue weighted by Crippen LogP contribution is -2.48. The Morgan fingerprint density at radius 3 is 2.75 bits per heavy atom. The van der Waals surface area contributed by atoms with Gasteiger partial charge in [0.05, 0.1) is 12.1 Å². The van der Waals surface area contributed by atoms with Gasteiger partial charge in [-0.3, -0.25) is 4.79 Å². The second-order valence-electron chi connectivity index (χ2n) is 3.58. The van der Waals surface area contributed by atoms with Gasteiger partial charge < -0.3 is 20.6 Å². The van der Waals surface area contributed by atoms with Crippen LogP contribution in [0.1, 0.15) is 12.8 Å². The highest BCUT2D eigenvalue weighted by atomic mass is 16.3. The lowest BCUT2D eigenvalue weighted by molar-refractivity contribution is -0.140. The van der Waals surface area contributed by atoms with Crippen LogP contribution in [0.5, 0.6) is 0 Å². The zero-order valence-electron chi connectivity index (χ0n) is 6.40. The molecule has 0 aromatic rings. The summed E-state index contributed by atoms with van der Waals surface area (Å²) in [6.07, 6.45) is -1.83. The molecule has 2 bridgehead atoms. The molecule has 4 atom stereocenters. The van der Waals surface area contributed by atoms with Gasteiger partial charge in [0, 0.05) is 12.8 Å². The van der Waals surface area contributed by atoms with Gasteiger partial charge in [0.25, 0.3) is 5.91 Å². The molecule has 2 unspecified atom stereocenters. The Morgan fingerprint density at radius 1 is 1.42 bits per heavy atom. The zero-order chi connectivity index (χ0) is 8.93. The maximum absolute atomic E-state index is 11.1. The SMILES string of the molecule is O=C1N[C@@H]2CC1(O)C[C@@H](O)C2O. The molecule has 0 aromatic carbocycles. The number of hydrogen-bond donors (Lipinski definition) is 4. The molecule has 2 fully saturated rings. The molecule has 0 aromatic heterocycles. The Hall–Kier alpha value is -0.650. The van der Waals surface area contributed by atoms with Crippen molar-refractivity contribution in [1.82, 2.24) is 5.32 Å². The van der Waals surface area contributed by atoms with E-state index in [1.807, 2.05) is 0 Å². The lowest BCUT2D eigenvalue weighted by atomic mass is 9.82. The first-order valence-electron chi connectivity index (χ1n) is 3.92. The fraction of sp³-hybridized carbons (Fsp3) is 0.857. The lowest BCUT2D eigenvalue weighted by Gasteiger charge is -2.31. The van der Waals surface area contributed by atoms with Crippen molar-refractivity contribution in [2.24, 2.45) is 0 Å². The van der Waals surface area contributed by atoms with E-state index in [1.165, 1.54) is 0 Å². The number of amides is 1. The minimum Gasteiger partial charge on any atom is -0.390 e. The van der Waals surface area contributed by atoms with E-state index in [-0.39, 0.29) is 12.8 Å². The van der Waals surface area contributed by atoms with Crippen LogP contribution in [-0.4, -0.2) is 45.1 Å². The molecule has 2 rings (SSSR count). The fourth-order valence-corrected chi connectivity index (χ4v) is 1.93. The second-order valence-corrected chi connectivity index (χ2v) is 3.58. The molecular weight excluding hydrogens is 162 g/mol. The summed E-state index contributed by atoms with van der Waals surface area (Å²) in [5.41, 5.74) is -1.46. The molecule has 5 nitrogen and oxygen atoms in total. The molecule has 1 saturated carbocycles. The monoisotopic (exact) mass is 173 g/mol. The number of nitrogens with one attached hydrogen (secondary N) is 1. The van der Waals surface area contributed by atoms with Crippen LogP contribution in [0.3, 0.4) is 0 Å². The molecule has 1 saturated heterocycles. The Bertz CT molecular complexity index is 231. The molecule has 2 aliphatic rings. The van der Waals surface area contributed by atoms with Gasteiger partial charge in [-0.25, -0.2) is 0 Å². The van der Waals surface area contributed by atoms with Crippen LogP contribution in [-0.2, 0) is 4.79 Å². The Balaban J connectivity index is 2.28. The molecule has 5 heteroatoms. The summed E-state index contributed by atoms with van der Waals surface area (Å²) in [6, 6.07) is -0.494. The van der Waals surface area contributed by atoms with E-state index in [0.29, 0.717) is 0 Å². The Labute approximate surface area is 69.0 Å². The van der Waals surface area contributed by atoms with Crippen LogP contribution < -0.4 is 5.32 Å². The van der Waals surface area contributed by atoms with E-state index in [1.54, 1.807) is 0 Å². The third kappa shape index (κ3) is 0.872. The predicted octanol–water partition coefficient (Wildman–Crippen LogP) is -2.27. The number of fused-ring (bicyclic) bond motifs is 2. The van der Waals surface area contributed by atoms with Gasteiger partial charge in [0.15, 0.2) is 0 Å². The average molecular weight is 173 g/mol. The van der Waals surface area contributed by atoms with E-state index in [0.717, 1.165) is 0 Å². The smallest absolute Gasteiger partial charge is 0.252 e. The first kappa shape index (κ1) is 7.97. The number of hydrogen-bond acceptors (Lipinski definition) is 4. The van der Waals surface area contributed by atoms with Crippen molar-refractivity contribution >= 4 is 5.91 Å². The van der Waals surface area contributed by atoms with Crippen LogP contribution in [0.2, 0.25) is 0 Å². The van der Waals surface area contributed by atoms with Gasteiger partial charge in [-0.1, -0.05) is 0 Å². The molecule has 68 valence electrons. The first-order chi connectivity index (χ1) is 5.53. The third-order valence-electron chi connectivity index (χ3n) is 2.65. The fourth-order valence-electron chi connectivity index (χ4n) is 1.93. The van der Waals surface area contributed by atoms with Crippen LogP contribution in [0, 0.1) is 0 Å². The zero-order valence-corrected chi connectivity index (χ0v) is 6.40. The molecule has 0 radical (unpaired) electrons.